The van der Waals surface area contributed by atoms with Crippen LogP contribution in [0.15, 0.2) is 54.6 Å². The van der Waals surface area contributed by atoms with Gasteiger partial charge in [0, 0.05) is 11.3 Å². The van der Waals surface area contributed by atoms with E-state index in [0.717, 1.165) is 0 Å². The number of carbonyl (C=O) groups excluding carboxylic acids is 2. The normalized spacial score (nSPS) is 9.89. The van der Waals surface area contributed by atoms with Crippen molar-refractivity contribution in [3.05, 3.63) is 65.7 Å². The summed E-state index contributed by atoms with van der Waals surface area (Å²) in [6.45, 7) is -0.294. The van der Waals surface area contributed by atoms with Crippen molar-refractivity contribution in [3.8, 4) is 0 Å². The number of hydrogen-bond acceptors (Lipinski definition) is 4. The topological polar surface area (TPSA) is 69.4 Å². The van der Waals surface area contributed by atoms with Crippen LogP contribution in [0, 0.1) is 0 Å². The highest BCUT2D eigenvalue weighted by atomic mass is 16.5. The van der Waals surface area contributed by atoms with Crippen LogP contribution in [0.5, 0.6) is 0 Å². The number of anilines is 1. The molecule has 0 saturated heterocycles. The number of esters is 1. The first-order valence-corrected chi connectivity index (χ1v) is 5.78. The zero-order valence-electron chi connectivity index (χ0n) is 10.2. The van der Waals surface area contributed by atoms with Gasteiger partial charge in [-0.05, 0) is 12.1 Å². The Hall–Kier alpha value is -2.62. The maximum Gasteiger partial charge on any atom is 0.340 e. The van der Waals surface area contributed by atoms with Crippen LogP contribution in [-0.2, 0) is 4.74 Å². The molecule has 4 nitrogen and oxygen atoms in total. The molecule has 0 atom stereocenters. The van der Waals surface area contributed by atoms with Crippen LogP contribution in [0.1, 0.15) is 20.7 Å². The van der Waals surface area contributed by atoms with Crippen LogP contribution in [0.2, 0.25) is 0 Å². The van der Waals surface area contributed by atoms with Gasteiger partial charge in [-0.25, -0.2) is 4.79 Å². The van der Waals surface area contributed by atoms with E-state index in [-0.39, 0.29) is 18.0 Å². The molecular formula is C15H13NO3. The molecule has 0 aromatic heterocycles. The van der Waals surface area contributed by atoms with Gasteiger partial charge in [0.05, 0.1) is 5.56 Å². The fraction of sp³-hybridized carbons (Fsp3) is 0.0667. The lowest BCUT2D eigenvalue weighted by atomic mass is 10.1. The van der Waals surface area contributed by atoms with Gasteiger partial charge < -0.3 is 10.5 Å². The van der Waals surface area contributed by atoms with Crippen molar-refractivity contribution >= 4 is 17.4 Å². The Balaban J connectivity index is 1.98. The van der Waals surface area contributed by atoms with Gasteiger partial charge in [-0.15, -0.1) is 0 Å². The molecule has 0 aliphatic rings. The van der Waals surface area contributed by atoms with Gasteiger partial charge in [0.15, 0.2) is 12.4 Å². The SMILES string of the molecule is Nc1ccccc1C(=O)OCC(=O)c1ccccc1. The molecule has 96 valence electrons. The van der Waals surface area contributed by atoms with Crippen molar-refractivity contribution in [2.75, 3.05) is 12.3 Å². The predicted octanol–water partition coefficient (Wildman–Crippen LogP) is 2.31. The Labute approximate surface area is 110 Å². The molecule has 4 heteroatoms. The molecule has 0 unspecified atom stereocenters. The van der Waals surface area contributed by atoms with Crippen molar-refractivity contribution in [3.63, 3.8) is 0 Å². The second-order valence-electron chi connectivity index (χ2n) is 3.95. The van der Waals surface area contributed by atoms with Crippen LogP contribution in [0.25, 0.3) is 0 Å². The first-order chi connectivity index (χ1) is 9.18. The third kappa shape index (κ3) is 3.19. The standard InChI is InChI=1S/C15H13NO3/c16-13-9-5-4-8-12(13)15(18)19-10-14(17)11-6-2-1-3-7-11/h1-9H,10,16H2. The molecule has 0 aliphatic heterocycles. The minimum atomic E-state index is -0.595. The highest BCUT2D eigenvalue weighted by molar-refractivity contribution is 6.00. The van der Waals surface area contributed by atoms with Crippen LogP contribution >= 0.6 is 0 Å². The number of ether oxygens (including phenoxy) is 1. The monoisotopic (exact) mass is 255 g/mol. The molecule has 0 heterocycles. The Morgan fingerprint density at radius 3 is 2.26 bits per heavy atom. The van der Waals surface area contributed by atoms with E-state index in [9.17, 15) is 9.59 Å². The molecule has 0 aliphatic carbocycles. The molecule has 0 saturated carbocycles. The largest absolute Gasteiger partial charge is 0.454 e. The molecule has 2 rings (SSSR count). The van der Waals surface area contributed by atoms with Crippen molar-refractivity contribution in [2.24, 2.45) is 0 Å². The van der Waals surface area contributed by atoms with Crippen molar-refractivity contribution in [1.82, 2.24) is 0 Å². The summed E-state index contributed by atoms with van der Waals surface area (Å²) in [5, 5.41) is 0. The summed E-state index contributed by atoms with van der Waals surface area (Å²) in [4.78, 5) is 23.5. The summed E-state index contributed by atoms with van der Waals surface area (Å²) in [7, 11) is 0. The Morgan fingerprint density at radius 2 is 1.58 bits per heavy atom. The maximum absolute atomic E-state index is 11.8. The summed E-state index contributed by atoms with van der Waals surface area (Å²) in [6.07, 6.45) is 0. The summed E-state index contributed by atoms with van der Waals surface area (Å²) < 4.78 is 4.96. The zero-order valence-corrected chi connectivity index (χ0v) is 10.2. The molecule has 2 aromatic carbocycles. The molecule has 0 radical (unpaired) electrons. The van der Waals surface area contributed by atoms with Crippen LogP contribution < -0.4 is 5.73 Å². The van der Waals surface area contributed by atoms with Gasteiger partial charge in [0.2, 0.25) is 0 Å². The highest BCUT2D eigenvalue weighted by Gasteiger charge is 2.13. The fourth-order valence-corrected chi connectivity index (χ4v) is 1.60. The van der Waals surface area contributed by atoms with Gasteiger partial charge in [-0.3, -0.25) is 4.79 Å². The summed E-state index contributed by atoms with van der Waals surface area (Å²) >= 11 is 0. The van der Waals surface area contributed by atoms with Gasteiger partial charge >= 0.3 is 5.97 Å². The van der Waals surface area contributed by atoms with Crippen molar-refractivity contribution < 1.29 is 14.3 Å². The lowest BCUT2D eigenvalue weighted by Crippen LogP contribution is -2.15. The minimum absolute atomic E-state index is 0.247. The number of carbonyl (C=O) groups is 2. The summed E-state index contributed by atoms with van der Waals surface area (Å²) in [6, 6.07) is 15.2. The van der Waals surface area contributed by atoms with Gasteiger partial charge in [0.1, 0.15) is 0 Å². The van der Waals surface area contributed by atoms with Crippen LogP contribution in [0.3, 0.4) is 0 Å². The van der Waals surface area contributed by atoms with E-state index < -0.39 is 5.97 Å². The smallest absolute Gasteiger partial charge is 0.340 e. The highest BCUT2D eigenvalue weighted by Crippen LogP contribution is 2.12. The maximum atomic E-state index is 11.8. The Bertz CT molecular complexity index is 593. The molecule has 0 bridgehead atoms. The number of benzene rings is 2. The number of rotatable bonds is 4. The van der Waals surface area contributed by atoms with E-state index in [1.54, 1.807) is 48.5 Å². The van der Waals surface area contributed by atoms with E-state index >= 15 is 0 Å². The lowest BCUT2D eigenvalue weighted by Gasteiger charge is -2.06. The molecule has 2 aromatic rings. The number of ketones is 1. The third-order valence-corrected chi connectivity index (χ3v) is 2.61. The van der Waals surface area contributed by atoms with Crippen LogP contribution in [-0.4, -0.2) is 18.4 Å². The van der Waals surface area contributed by atoms with E-state index in [2.05, 4.69) is 0 Å². The summed E-state index contributed by atoms with van der Waals surface area (Å²) in [5.74, 6) is -0.842. The second-order valence-corrected chi connectivity index (χ2v) is 3.95. The van der Waals surface area contributed by atoms with Crippen molar-refractivity contribution in [2.45, 2.75) is 0 Å². The average Bonchev–Trinajstić information content (AvgIpc) is 2.46. The molecule has 19 heavy (non-hydrogen) atoms. The van der Waals surface area contributed by atoms with Crippen molar-refractivity contribution in [1.29, 1.82) is 0 Å². The Kier molecular flexibility index (Phi) is 3.93. The number of Topliss-reactive ketones (excluding diaryl/α,β-unsaturated/α-hetero) is 1. The summed E-state index contributed by atoms with van der Waals surface area (Å²) in [5.41, 5.74) is 6.76. The lowest BCUT2D eigenvalue weighted by molar-refractivity contribution is 0.0476. The average molecular weight is 255 g/mol. The molecule has 0 fully saturated rings. The molecule has 0 amide bonds. The van der Waals surface area contributed by atoms with Gasteiger partial charge in [-0.2, -0.15) is 0 Å². The van der Waals surface area contributed by atoms with E-state index in [1.165, 1.54) is 0 Å². The van der Waals surface area contributed by atoms with Gasteiger partial charge in [-0.1, -0.05) is 42.5 Å². The molecule has 0 spiro atoms. The number of nitrogen functional groups attached to an aromatic ring is 1. The number of para-hydroxylation sites is 1. The Morgan fingerprint density at radius 1 is 0.947 bits per heavy atom. The number of hydrogen-bond donors (Lipinski definition) is 1. The van der Waals surface area contributed by atoms with E-state index in [0.29, 0.717) is 11.3 Å². The van der Waals surface area contributed by atoms with Gasteiger partial charge in [0.25, 0.3) is 0 Å². The van der Waals surface area contributed by atoms with Crippen LogP contribution in [0.4, 0.5) is 5.69 Å². The molecule has 2 N–H and O–H groups in total. The first kappa shape index (κ1) is 12.8. The predicted molar refractivity (Wildman–Crippen MR) is 71.9 cm³/mol. The number of nitrogens with two attached hydrogens (primary N) is 1. The third-order valence-electron chi connectivity index (χ3n) is 2.61. The first-order valence-electron chi connectivity index (χ1n) is 5.78. The minimum Gasteiger partial charge on any atom is -0.454 e. The zero-order chi connectivity index (χ0) is 13.7. The second kappa shape index (κ2) is 5.82. The van der Waals surface area contributed by atoms with E-state index in [4.69, 9.17) is 10.5 Å². The van der Waals surface area contributed by atoms with E-state index in [1.807, 2.05) is 6.07 Å². The fourth-order valence-electron chi connectivity index (χ4n) is 1.60. The quantitative estimate of drug-likeness (QED) is 0.517. The molecular weight excluding hydrogens is 242 g/mol.